The lowest BCUT2D eigenvalue weighted by Gasteiger charge is -2.29. The molecule has 1 fully saturated rings. The van der Waals surface area contributed by atoms with E-state index in [0.717, 1.165) is 24.1 Å². The third kappa shape index (κ3) is 2.46. The lowest BCUT2D eigenvalue weighted by molar-refractivity contribution is -0.127. The fourth-order valence-corrected chi connectivity index (χ4v) is 1.75. The Balaban J connectivity index is 2.92. The molecule has 1 heterocycles. The number of piperidine rings is 1. The maximum Gasteiger partial charge on any atom is 0.254 e. The Kier molecular flexibility index (Phi) is 4.10. The molecule has 0 spiro atoms. The van der Waals surface area contributed by atoms with Crippen LogP contribution in [0, 0.1) is 0 Å². The zero-order valence-corrected chi connectivity index (χ0v) is 9.20. The van der Waals surface area contributed by atoms with Crippen molar-refractivity contribution in [3.63, 3.8) is 0 Å². The van der Waals surface area contributed by atoms with Crippen LogP contribution in [-0.2, 0) is 4.79 Å². The van der Waals surface area contributed by atoms with Crippen LogP contribution >= 0.6 is 0 Å². The minimum absolute atomic E-state index is 0.0942. The highest BCUT2D eigenvalue weighted by Gasteiger charge is 2.24. The van der Waals surface area contributed by atoms with Crippen LogP contribution in [0.2, 0.25) is 0 Å². The van der Waals surface area contributed by atoms with Gasteiger partial charge in [0.2, 0.25) is 0 Å². The predicted molar refractivity (Wildman–Crippen MR) is 63.4 cm³/mol. The Morgan fingerprint density at radius 1 is 1.47 bits per heavy atom. The fourth-order valence-electron chi connectivity index (χ4n) is 1.75. The number of amides is 1. The van der Waals surface area contributed by atoms with Gasteiger partial charge in [0.1, 0.15) is 0 Å². The van der Waals surface area contributed by atoms with Gasteiger partial charge in [0.25, 0.3) is 5.91 Å². The minimum atomic E-state index is 0.0942. The van der Waals surface area contributed by atoms with Crippen LogP contribution in [0.4, 0.5) is 0 Å². The highest BCUT2D eigenvalue weighted by atomic mass is 16.2. The Hall–Kier alpha value is -1.57. The standard InChI is InChI=1S/C13H17NO/c1-4-7-11-8-10-14(9-5-2)13(15)12(11)6-3/h4-7H,1-2,8-10H2,3H3/b11-7-,12-6+. The van der Waals surface area contributed by atoms with Crippen molar-refractivity contribution in [3.05, 3.63) is 48.6 Å². The molecule has 0 aromatic carbocycles. The Bertz CT molecular complexity index is 336. The van der Waals surface area contributed by atoms with Gasteiger partial charge in [-0.2, -0.15) is 0 Å². The summed E-state index contributed by atoms with van der Waals surface area (Å²) in [5, 5.41) is 0. The van der Waals surface area contributed by atoms with Crippen molar-refractivity contribution in [3.8, 4) is 0 Å². The second kappa shape index (κ2) is 5.35. The summed E-state index contributed by atoms with van der Waals surface area (Å²) in [6, 6.07) is 0. The number of rotatable bonds is 3. The predicted octanol–water partition coefficient (Wildman–Crippen LogP) is 2.46. The van der Waals surface area contributed by atoms with Gasteiger partial charge in [-0.1, -0.05) is 30.9 Å². The van der Waals surface area contributed by atoms with Crippen molar-refractivity contribution in [2.75, 3.05) is 13.1 Å². The van der Waals surface area contributed by atoms with Crippen molar-refractivity contribution < 1.29 is 4.79 Å². The first-order chi connectivity index (χ1) is 7.24. The summed E-state index contributed by atoms with van der Waals surface area (Å²) < 4.78 is 0. The van der Waals surface area contributed by atoms with E-state index >= 15 is 0 Å². The molecule has 1 aliphatic rings. The van der Waals surface area contributed by atoms with E-state index in [-0.39, 0.29) is 5.91 Å². The molecule has 0 atom stereocenters. The van der Waals surface area contributed by atoms with Crippen molar-refractivity contribution in [1.82, 2.24) is 4.90 Å². The molecule has 0 aromatic rings. The molecule has 0 saturated carbocycles. The molecule has 0 N–H and O–H groups in total. The van der Waals surface area contributed by atoms with Gasteiger partial charge < -0.3 is 4.90 Å². The molecule has 0 unspecified atom stereocenters. The molecule has 15 heavy (non-hydrogen) atoms. The number of hydrogen-bond acceptors (Lipinski definition) is 1. The zero-order chi connectivity index (χ0) is 11.3. The van der Waals surface area contributed by atoms with Gasteiger partial charge in [-0.3, -0.25) is 4.79 Å². The lowest BCUT2D eigenvalue weighted by atomic mass is 9.96. The smallest absolute Gasteiger partial charge is 0.254 e. The molecule has 0 bridgehead atoms. The van der Waals surface area contributed by atoms with Crippen LogP contribution in [0.25, 0.3) is 0 Å². The Morgan fingerprint density at radius 2 is 2.20 bits per heavy atom. The number of nitrogens with zero attached hydrogens (tertiary/aromatic N) is 1. The molecule has 2 heteroatoms. The van der Waals surface area contributed by atoms with Gasteiger partial charge in [0.05, 0.1) is 0 Å². The normalized spacial score (nSPS) is 22.2. The SMILES string of the molecule is C=C/C=C1/CCN(CC=C)C(=O)/C1=C/C. The number of carbonyl (C=O) groups excluding carboxylic acids is 1. The average molecular weight is 203 g/mol. The molecule has 0 radical (unpaired) electrons. The second-order valence-corrected chi connectivity index (χ2v) is 3.42. The molecule has 1 rings (SSSR count). The molecular weight excluding hydrogens is 186 g/mol. The number of allylic oxidation sites excluding steroid dienone is 3. The molecular formula is C13H17NO. The minimum Gasteiger partial charge on any atom is -0.335 e. The van der Waals surface area contributed by atoms with Crippen LogP contribution in [0.15, 0.2) is 48.6 Å². The van der Waals surface area contributed by atoms with Gasteiger partial charge in [0.15, 0.2) is 0 Å². The molecule has 0 aromatic heterocycles. The summed E-state index contributed by atoms with van der Waals surface area (Å²) in [4.78, 5) is 13.8. The number of hydrogen-bond donors (Lipinski definition) is 0. The molecule has 1 amide bonds. The first-order valence-electron chi connectivity index (χ1n) is 5.13. The highest BCUT2D eigenvalue weighted by Crippen LogP contribution is 2.23. The van der Waals surface area contributed by atoms with Gasteiger partial charge in [-0.05, 0) is 18.9 Å². The second-order valence-electron chi connectivity index (χ2n) is 3.42. The lowest BCUT2D eigenvalue weighted by Crippen LogP contribution is -2.37. The molecule has 80 valence electrons. The van der Waals surface area contributed by atoms with Gasteiger partial charge >= 0.3 is 0 Å². The van der Waals surface area contributed by atoms with Gasteiger partial charge in [0, 0.05) is 18.7 Å². The van der Waals surface area contributed by atoms with E-state index < -0.39 is 0 Å². The number of carbonyl (C=O) groups is 1. The molecule has 1 saturated heterocycles. The average Bonchev–Trinajstić information content (AvgIpc) is 2.23. The summed E-state index contributed by atoms with van der Waals surface area (Å²) >= 11 is 0. The summed E-state index contributed by atoms with van der Waals surface area (Å²) in [5.41, 5.74) is 1.88. The van der Waals surface area contributed by atoms with E-state index in [4.69, 9.17) is 0 Å². The van der Waals surface area contributed by atoms with Gasteiger partial charge in [-0.15, -0.1) is 6.58 Å². The summed E-state index contributed by atoms with van der Waals surface area (Å²) in [6.07, 6.45) is 8.17. The maximum atomic E-state index is 12.0. The van der Waals surface area contributed by atoms with Crippen molar-refractivity contribution >= 4 is 5.91 Å². The Morgan fingerprint density at radius 3 is 2.73 bits per heavy atom. The van der Waals surface area contributed by atoms with Gasteiger partial charge in [-0.25, -0.2) is 0 Å². The molecule has 0 aliphatic carbocycles. The summed E-state index contributed by atoms with van der Waals surface area (Å²) in [5.74, 6) is 0.0942. The third-order valence-electron chi connectivity index (χ3n) is 2.47. The zero-order valence-electron chi connectivity index (χ0n) is 9.20. The quantitative estimate of drug-likeness (QED) is 0.509. The van der Waals surface area contributed by atoms with E-state index in [1.165, 1.54) is 0 Å². The first kappa shape index (κ1) is 11.5. The van der Waals surface area contributed by atoms with Crippen LogP contribution in [0.1, 0.15) is 13.3 Å². The topological polar surface area (TPSA) is 20.3 Å². The van der Waals surface area contributed by atoms with Crippen molar-refractivity contribution in [1.29, 1.82) is 0 Å². The number of likely N-dealkylation sites (tertiary alicyclic amines) is 1. The van der Waals surface area contributed by atoms with Crippen molar-refractivity contribution in [2.24, 2.45) is 0 Å². The van der Waals surface area contributed by atoms with E-state index in [1.807, 2.05) is 24.0 Å². The Labute approximate surface area is 91.3 Å². The van der Waals surface area contributed by atoms with Crippen LogP contribution < -0.4 is 0 Å². The summed E-state index contributed by atoms with van der Waals surface area (Å²) in [7, 11) is 0. The van der Waals surface area contributed by atoms with E-state index in [1.54, 1.807) is 12.2 Å². The first-order valence-corrected chi connectivity index (χ1v) is 5.13. The molecule has 2 nitrogen and oxygen atoms in total. The molecule has 1 aliphatic heterocycles. The largest absolute Gasteiger partial charge is 0.335 e. The van der Waals surface area contributed by atoms with Crippen LogP contribution in [-0.4, -0.2) is 23.9 Å². The third-order valence-corrected chi connectivity index (χ3v) is 2.47. The highest BCUT2D eigenvalue weighted by molar-refractivity contribution is 5.99. The maximum absolute atomic E-state index is 12.0. The van der Waals surface area contributed by atoms with Crippen LogP contribution in [0.3, 0.4) is 0 Å². The summed E-state index contributed by atoms with van der Waals surface area (Å²) in [6.45, 7) is 10.6. The monoisotopic (exact) mass is 203 g/mol. The fraction of sp³-hybridized carbons (Fsp3) is 0.308. The van der Waals surface area contributed by atoms with Crippen molar-refractivity contribution in [2.45, 2.75) is 13.3 Å². The van der Waals surface area contributed by atoms with E-state index in [9.17, 15) is 4.79 Å². The van der Waals surface area contributed by atoms with E-state index in [2.05, 4.69) is 13.2 Å². The van der Waals surface area contributed by atoms with Crippen LogP contribution in [0.5, 0.6) is 0 Å². The van der Waals surface area contributed by atoms with E-state index in [0.29, 0.717) is 6.54 Å².